The highest BCUT2D eigenvalue weighted by molar-refractivity contribution is 5.77. The van der Waals surface area contributed by atoms with Gasteiger partial charge in [-0.15, -0.1) is 0 Å². The first kappa shape index (κ1) is 8.97. The van der Waals surface area contributed by atoms with Crippen LogP contribution < -0.4 is 0 Å². The van der Waals surface area contributed by atoms with Crippen molar-refractivity contribution in [2.75, 3.05) is 13.2 Å². The molecule has 0 amide bonds. The van der Waals surface area contributed by atoms with Crippen LogP contribution in [0.25, 0.3) is 0 Å². The van der Waals surface area contributed by atoms with Gasteiger partial charge < -0.3 is 14.9 Å². The van der Waals surface area contributed by atoms with Gasteiger partial charge in [-0.1, -0.05) is 0 Å². The molecule has 2 fully saturated rings. The first-order valence-corrected chi connectivity index (χ1v) is 4.64. The molecule has 0 bridgehead atoms. The van der Waals surface area contributed by atoms with Gasteiger partial charge in [-0.2, -0.15) is 0 Å². The second kappa shape index (κ2) is 2.69. The van der Waals surface area contributed by atoms with Crippen molar-refractivity contribution in [2.45, 2.75) is 31.3 Å². The van der Waals surface area contributed by atoms with Gasteiger partial charge in [0.05, 0.1) is 12.2 Å². The Kier molecular flexibility index (Phi) is 1.85. The van der Waals surface area contributed by atoms with Crippen LogP contribution in [0.4, 0.5) is 0 Å². The molecule has 1 heterocycles. The molecule has 74 valence electrons. The van der Waals surface area contributed by atoms with Gasteiger partial charge in [0.2, 0.25) is 0 Å². The Balaban J connectivity index is 2.27. The second-order valence-corrected chi connectivity index (χ2v) is 4.07. The molecule has 2 rings (SSSR count). The van der Waals surface area contributed by atoms with Crippen molar-refractivity contribution in [3.63, 3.8) is 0 Å². The molecule has 0 spiro atoms. The van der Waals surface area contributed by atoms with Gasteiger partial charge in [-0.05, 0) is 25.7 Å². The number of ether oxygens (including phenoxy) is 1. The molecule has 1 unspecified atom stereocenters. The minimum Gasteiger partial charge on any atom is -0.481 e. The normalized spacial score (nSPS) is 37.0. The van der Waals surface area contributed by atoms with Gasteiger partial charge in [0.25, 0.3) is 0 Å². The monoisotopic (exact) mass is 186 g/mol. The fourth-order valence-electron chi connectivity index (χ4n) is 2.29. The molecule has 0 aromatic carbocycles. The third kappa shape index (κ3) is 1.02. The van der Waals surface area contributed by atoms with E-state index in [1.165, 1.54) is 0 Å². The number of carboxylic acids is 1. The van der Waals surface area contributed by atoms with E-state index < -0.39 is 17.0 Å². The Morgan fingerprint density at radius 2 is 2.00 bits per heavy atom. The predicted octanol–water partition coefficient (Wildman–Crippen LogP) is 0.393. The largest absolute Gasteiger partial charge is 0.481 e. The number of hydrogen-bond donors (Lipinski definition) is 2. The third-order valence-electron chi connectivity index (χ3n) is 3.50. The van der Waals surface area contributed by atoms with Crippen LogP contribution >= 0.6 is 0 Å². The van der Waals surface area contributed by atoms with E-state index in [1.54, 1.807) is 0 Å². The number of carbonyl (C=O) groups is 1. The Labute approximate surface area is 76.5 Å². The van der Waals surface area contributed by atoms with Crippen molar-refractivity contribution in [1.29, 1.82) is 0 Å². The first-order valence-electron chi connectivity index (χ1n) is 4.64. The van der Waals surface area contributed by atoms with Gasteiger partial charge in [0, 0.05) is 6.61 Å². The first-order chi connectivity index (χ1) is 6.11. The van der Waals surface area contributed by atoms with Gasteiger partial charge in [-0.3, -0.25) is 4.79 Å². The van der Waals surface area contributed by atoms with Gasteiger partial charge >= 0.3 is 5.97 Å². The standard InChI is InChI=1S/C9H14O4/c10-7(11)8(4-5-13-6-8)9(12)2-1-3-9/h12H,1-6H2,(H,10,11). The molecule has 4 nitrogen and oxygen atoms in total. The van der Waals surface area contributed by atoms with Crippen LogP contribution in [0, 0.1) is 5.41 Å². The maximum Gasteiger partial charge on any atom is 0.315 e. The van der Waals surface area contributed by atoms with E-state index in [1.807, 2.05) is 0 Å². The number of hydrogen-bond acceptors (Lipinski definition) is 3. The maximum absolute atomic E-state index is 11.1. The minimum atomic E-state index is -1.02. The predicted molar refractivity (Wildman–Crippen MR) is 44.3 cm³/mol. The van der Waals surface area contributed by atoms with Crippen LogP contribution in [-0.2, 0) is 9.53 Å². The number of carboxylic acid groups (broad SMARTS) is 1. The molecule has 1 saturated carbocycles. The Morgan fingerprint density at radius 3 is 2.31 bits per heavy atom. The second-order valence-electron chi connectivity index (χ2n) is 4.07. The van der Waals surface area contributed by atoms with Gasteiger partial charge in [0.1, 0.15) is 5.41 Å². The average Bonchev–Trinajstić information content (AvgIpc) is 2.49. The highest BCUT2D eigenvalue weighted by atomic mass is 16.5. The summed E-state index contributed by atoms with van der Waals surface area (Å²) < 4.78 is 5.10. The molecule has 1 aliphatic heterocycles. The molecular formula is C9H14O4. The quantitative estimate of drug-likeness (QED) is 0.654. The lowest BCUT2D eigenvalue weighted by Gasteiger charge is -2.47. The fraction of sp³-hybridized carbons (Fsp3) is 0.889. The zero-order chi connectivity index (χ0) is 9.53. The lowest BCUT2D eigenvalue weighted by Crippen LogP contribution is -2.57. The van der Waals surface area contributed by atoms with Crippen molar-refractivity contribution < 1.29 is 19.7 Å². The molecule has 4 heteroatoms. The molecule has 1 aliphatic carbocycles. The molecule has 1 saturated heterocycles. The molecule has 1 atom stereocenters. The van der Waals surface area contributed by atoms with Crippen LogP contribution in [0.15, 0.2) is 0 Å². The molecule has 2 N–H and O–H groups in total. The summed E-state index contributed by atoms with van der Waals surface area (Å²) in [5.74, 6) is -0.910. The summed E-state index contributed by atoms with van der Waals surface area (Å²) in [6.07, 6.45) is 2.57. The topological polar surface area (TPSA) is 66.8 Å². The zero-order valence-electron chi connectivity index (χ0n) is 7.45. The van der Waals surface area contributed by atoms with E-state index in [0.717, 1.165) is 6.42 Å². The summed E-state index contributed by atoms with van der Waals surface area (Å²) in [5.41, 5.74) is -2.03. The molecule has 0 aromatic rings. The van der Waals surface area contributed by atoms with Crippen LogP contribution in [0.3, 0.4) is 0 Å². The summed E-state index contributed by atoms with van der Waals surface area (Å²) in [6, 6.07) is 0. The summed E-state index contributed by atoms with van der Waals surface area (Å²) in [7, 11) is 0. The fourth-order valence-corrected chi connectivity index (χ4v) is 2.29. The van der Waals surface area contributed by atoms with Crippen molar-refractivity contribution in [3.8, 4) is 0 Å². The Morgan fingerprint density at radius 1 is 1.31 bits per heavy atom. The lowest BCUT2D eigenvalue weighted by atomic mass is 9.61. The van der Waals surface area contributed by atoms with E-state index in [4.69, 9.17) is 9.84 Å². The van der Waals surface area contributed by atoms with E-state index in [0.29, 0.717) is 25.9 Å². The lowest BCUT2D eigenvalue weighted by molar-refractivity contribution is -0.184. The van der Waals surface area contributed by atoms with Crippen molar-refractivity contribution in [3.05, 3.63) is 0 Å². The van der Waals surface area contributed by atoms with E-state index in [9.17, 15) is 9.90 Å². The average molecular weight is 186 g/mol. The SMILES string of the molecule is O=C(O)C1(C2(O)CCC2)CCOC1. The van der Waals surface area contributed by atoms with Crippen molar-refractivity contribution in [2.24, 2.45) is 5.41 Å². The maximum atomic E-state index is 11.1. The van der Waals surface area contributed by atoms with Crippen LogP contribution in [0.5, 0.6) is 0 Å². The summed E-state index contributed by atoms with van der Waals surface area (Å²) in [5, 5.41) is 19.2. The highest BCUT2D eigenvalue weighted by Crippen LogP contribution is 2.50. The van der Waals surface area contributed by atoms with Crippen LogP contribution in [0.1, 0.15) is 25.7 Å². The van der Waals surface area contributed by atoms with Crippen molar-refractivity contribution >= 4 is 5.97 Å². The minimum absolute atomic E-state index is 0.166. The number of aliphatic carboxylic acids is 1. The summed E-state index contributed by atoms with van der Waals surface area (Å²) in [6.45, 7) is 0.618. The third-order valence-corrected chi connectivity index (χ3v) is 3.50. The molecule has 13 heavy (non-hydrogen) atoms. The van der Waals surface area contributed by atoms with Gasteiger partial charge in [-0.25, -0.2) is 0 Å². The van der Waals surface area contributed by atoms with Crippen molar-refractivity contribution in [1.82, 2.24) is 0 Å². The molecule has 0 radical (unpaired) electrons. The zero-order valence-corrected chi connectivity index (χ0v) is 7.45. The summed E-state index contributed by atoms with van der Waals surface area (Å²) >= 11 is 0. The van der Waals surface area contributed by atoms with Crippen LogP contribution in [0.2, 0.25) is 0 Å². The number of rotatable bonds is 2. The van der Waals surface area contributed by atoms with E-state index >= 15 is 0 Å². The number of aliphatic hydroxyl groups is 1. The Hall–Kier alpha value is -0.610. The molecule has 0 aromatic heterocycles. The molecular weight excluding hydrogens is 172 g/mol. The van der Waals surface area contributed by atoms with E-state index in [2.05, 4.69) is 0 Å². The smallest absolute Gasteiger partial charge is 0.315 e. The van der Waals surface area contributed by atoms with E-state index in [-0.39, 0.29) is 6.61 Å². The highest BCUT2D eigenvalue weighted by Gasteiger charge is 2.60. The molecule has 2 aliphatic rings. The van der Waals surface area contributed by atoms with Crippen LogP contribution in [-0.4, -0.2) is 35.0 Å². The van der Waals surface area contributed by atoms with Gasteiger partial charge in [0.15, 0.2) is 0 Å². The Bertz CT molecular complexity index is 226. The summed E-state index contributed by atoms with van der Waals surface area (Å²) in [4.78, 5) is 11.1.